The zero-order valence-electron chi connectivity index (χ0n) is 11.6. The number of carbonyl (C=O) groups is 1. The number of methoxy groups -OCH3 is 1. The van der Waals surface area contributed by atoms with Crippen molar-refractivity contribution in [2.24, 2.45) is 0 Å². The third-order valence-corrected chi connectivity index (χ3v) is 2.86. The van der Waals surface area contributed by atoms with Crippen LogP contribution in [0.25, 0.3) is 0 Å². The molecule has 4 nitrogen and oxygen atoms in total. The van der Waals surface area contributed by atoms with Gasteiger partial charge in [-0.25, -0.2) is 0 Å². The minimum absolute atomic E-state index is 0.224. The second kappa shape index (κ2) is 8.53. The van der Waals surface area contributed by atoms with Gasteiger partial charge < -0.3 is 14.6 Å². The molecule has 1 aromatic rings. The number of esters is 1. The van der Waals surface area contributed by atoms with E-state index in [2.05, 4.69) is 0 Å². The summed E-state index contributed by atoms with van der Waals surface area (Å²) in [5, 5.41) is 10.00. The van der Waals surface area contributed by atoms with Gasteiger partial charge in [0.15, 0.2) is 0 Å². The summed E-state index contributed by atoms with van der Waals surface area (Å²) in [6.07, 6.45) is 1.79. The van der Waals surface area contributed by atoms with Crippen LogP contribution in [-0.2, 0) is 9.53 Å². The van der Waals surface area contributed by atoms with Gasteiger partial charge in [0.2, 0.25) is 0 Å². The van der Waals surface area contributed by atoms with Crippen LogP contribution in [0.15, 0.2) is 24.3 Å². The lowest BCUT2D eigenvalue weighted by Gasteiger charge is -2.11. The van der Waals surface area contributed by atoms with Crippen LogP contribution in [0, 0.1) is 0 Å². The SMILES string of the molecule is CCCCOC(=O)CCC(O)c1cccc(OC)c1. The fraction of sp³-hybridized carbons (Fsp3) is 0.533. The minimum atomic E-state index is -0.672. The molecule has 0 amide bonds. The van der Waals surface area contributed by atoms with E-state index in [9.17, 15) is 9.90 Å². The number of aliphatic hydroxyl groups is 1. The first kappa shape index (κ1) is 15.5. The van der Waals surface area contributed by atoms with Crippen LogP contribution in [-0.4, -0.2) is 24.8 Å². The number of rotatable bonds is 8. The van der Waals surface area contributed by atoms with Crippen LogP contribution >= 0.6 is 0 Å². The largest absolute Gasteiger partial charge is 0.497 e. The van der Waals surface area contributed by atoms with Gasteiger partial charge in [-0.2, -0.15) is 0 Å². The average molecular weight is 266 g/mol. The highest BCUT2D eigenvalue weighted by atomic mass is 16.5. The van der Waals surface area contributed by atoms with E-state index in [-0.39, 0.29) is 12.4 Å². The van der Waals surface area contributed by atoms with Crippen molar-refractivity contribution in [1.29, 1.82) is 0 Å². The molecule has 1 rings (SSSR count). The first-order chi connectivity index (χ1) is 9.17. The van der Waals surface area contributed by atoms with Crippen LogP contribution in [0.5, 0.6) is 5.75 Å². The van der Waals surface area contributed by atoms with Crippen molar-refractivity contribution in [1.82, 2.24) is 0 Å². The van der Waals surface area contributed by atoms with E-state index < -0.39 is 6.10 Å². The van der Waals surface area contributed by atoms with Crippen LogP contribution in [0.1, 0.15) is 44.3 Å². The number of ether oxygens (including phenoxy) is 2. The normalized spacial score (nSPS) is 11.9. The van der Waals surface area contributed by atoms with E-state index >= 15 is 0 Å². The topological polar surface area (TPSA) is 55.8 Å². The van der Waals surface area contributed by atoms with Crippen LogP contribution in [0.2, 0.25) is 0 Å². The van der Waals surface area contributed by atoms with Gasteiger partial charge in [0.05, 0.1) is 19.8 Å². The molecule has 0 spiro atoms. The maximum atomic E-state index is 11.4. The van der Waals surface area contributed by atoms with Gasteiger partial charge >= 0.3 is 5.97 Å². The summed E-state index contributed by atoms with van der Waals surface area (Å²) in [6, 6.07) is 7.22. The smallest absolute Gasteiger partial charge is 0.305 e. The highest BCUT2D eigenvalue weighted by molar-refractivity contribution is 5.69. The summed E-state index contributed by atoms with van der Waals surface area (Å²) in [5.74, 6) is 0.442. The monoisotopic (exact) mass is 266 g/mol. The van der Waals surface area contributed by atoms with E-state index in [0.717, 1.165) is 18.4 Å². The molecule has 19 heavy (non-hydrogen) atoms. The lowest BCUT2D eigenvalue weighted by Crippen LogP contribution is -2.08. The quantitative estimate of drug-likeness (QED) is 0.580. The first-order valence-electron chi connectivity index (χ1n) is 6.65. The molecule has 0 bridgehead atoms. The Balaban J connectivity index is 2.37. The summed E-state index contributed by atoms with van der Waals surface area (Å²) in [7, 11) is 1.58. The number of aliphatic hydroxyl groups excluding tert-OH is 1. The van der Waals surface area contributed by atoms with E-state index in [1.807, 2.05) is 25.1 Å². The molecule has 4 heteroatoms. The molecule has 0 aliphatic rings. The molecule has 1 N–H and O–H groups in total. The van der Waals surface area contributed by atoms with Crippen molar-refractivity contribution in [3.8, 4) is 5.75 Å². The first-order valence-corrected chi connectivity index (χ1v) is 6.65. The Bertz CT molecular complexity index is 389. The lowest BCUT2D eigenvalue weighted by atomic mass is 10.0. The molecule has 0 radical (unpaired) electrons. The van der Waals surface area contributed by atoms with Crippen molar-refractivity contribution >= 4 is 5.97 Å². The molecular weight excluding hydrogens is 244 g/mol. The molecule has 106 valence electrons. The Hall–Kier alpha value is -1.55. The molecule has 1 unspecified atom stereocenters. The zero-order valence-corrected chi connectivity index (χ0v) is 11.6. The van der Waals surface area contributed by atoms with Gasteiger partial charge in [-0.15, -0.1) is 0 Å². The van der Waals surface area contributed by atoms with E-state index in [1.165, 1.54) is 0 Å². The maximum Gasteiger partial charge on any atom is 0.305 e. The number of hydrogen-bond donors (Lipinski definition) is 1. The lowest BCUT2D eigenvalue weighted by molar-refractivity contribution is -0.144. The Labute approximate surface area is 114 Å². The van der Waals surface area contributed by atoms with Crippen LogP contribution < -0.4 is 4.74 Å². The van der Waals surface area contributed by atoms with Crippen molar-refractivity contribution < 1.29 is 19.4 Å². The Kier molecular flexibility index (Phi) is 6.97. The summed E-state index contributed by atoms with van der Waals surface area (Å²) in [5.41, 5.74) is 0.751. The molecule has 0 aliphatic heterocycles. The Morgan fingerprint density at radius 1 is 1.42 bits per heavy atom. The van der Waals surface area contributed by atoms with Gasteiger partial charge in [0.1, 0.15) is 5.75 Å². The number of unbranched alkanes of at least 4 members (excludes halogenated alkanes) is 1. The summed E-state index contributed by atoms with van der Waals surface area (Å²) < 4.78 is 10.1. The number of hydrogen-bond acceptors (Lipinski definition) is 4. The fourth-order valence-electron chi connectivity index (χ4n) is 1.67. The van der Waals surface area contributed by atoms with Crippen molar-refractivity contribution in [2.45, 2.75) is 38.7 Å². The Morgan fingerprint density at radius 3 is 2.89 bits per heavy atom. The third-order valence-electron chi connectivity index (χ3n) is 2.86. The van der Waals surface area contributed by atoms with Gasteiger partial charge in [-0.1, -0.05) is 25.5 Å². The van der Waals surface area contributed by atoms with Crippen molar-refractivity contribution in [3.63, 3.8) is 0 Å². The maximum absolute atomic E-state index is 11.4. The minimum Gasteiger partial charge on any atom is -0.497 e. The molecule has 1 atom stereocenters. The van der Waals surface area contributed by atoms with Gasteiger partial charge in [-0.3, -0.25) is 4.79 Å². The predicted octanol–water partition coefficient (Wildman–Crippen LogP) is 2.85. The summed E-state index contributed by atoms with van der Waals surface area (Å²) in [4.78, 5) is 11.4. The van der Waals surface area contributed by atoms with E-state index in [0.29, 0.717) is 18.8 Å². The third kappa shape index (κ3) is 5.75. The van der Waals surface area contributed by atoms with E-state index in [1.54, 1.807) is 13.2 Å². The summed E-state index contributed by atoms with van der Waals surface area (Å²) in [6.45, 7) is 2.50. The molecular formula is C15H22O4. The molecule has 0 saturated carbocycles. The van der Waals surface area contributed by atoms with Crippen LogP contribution in [0.4, 0.5) is 0 Å². The van der Waals surface area contributed by atoms with E-state index in [4.69, 9.17) is 9.47 Å². The van der Waals surface area contributed by atoms with Crippen molar-refractivity contribution in [3.05, 3.63) is 29.8 Å². The number of carbonyl (C=O) groups excluding carboxylic acids is 1. The molecule has 1 aromatic carbocycles. The summed E-state index contributed by atoms with van der Waals surface area (Å²) >= 11 is 0. The Morgan fingerprint density at radius 2 is 2.21 bits per heavy atom. The van der Waals surface area contributed by atoms with Gasteiger partial charge in [0, 0.05) is 6.42 Å². The molecule has 0 heterocycles. The van der Waals surface area contributed by atoms with Gasteiger partial charge in [0.25, 0.3) is 0 Å². The molecule has 0 aliphatic carbocycles. The van der Waals surface area contributed by atoms with Crippen LogP contribution in [0.3, 0.4) is 0 Å². The molecule has 0 fully saturated rings. The molecule has 0 saturated heterocycles. The fourth-order valence-corrected chi connectivity index (χ4v) is 1.67. The standard InChI is InChI=1S/C15H22O4/c1-3-4-10-19-15(17)9-8-14(16)12-6-5-7-13(11-12)18-2/h5-7,11,14,16H,3-4,8-10H2,1-2H3. The number of benzene rings is 1. The molecule has 0 aromatic heterocycles. The zero-order chi connectivity index (χ0) is 14.1. The second-order valence-electron chi connectivity index (χ2n) is 4.41. The van der Waals surface area contributed by atoms with Crippen molar-refractivity contribution in [2.75, 3.05) is 13.7 Å². The highest BCUT2D eigenvalue weighted by Crippen LogP contribution is 2.22. The highest BCUT2D eigenvalue weighted by Gasteiger charge is 2.11. The predicted molar refractivity (Wildman–Crippen MR) is 73.1 cm³/mol. The second-order valence-corrected chi connectivity index (χ2v) is 4.41. The average Bonchev–Trinajstić information content (AvgIpc) is 2.45. The van der Waals surface area contributed by atoms with Gasteiger partial charge in [-0.05, 0) is 30.5 Å².